The number of methoxy groups -OCH3 is 2. The number of hydrogen-bond acceptors (Lipinski definition) is 2. The molecule has 15 heavy (non-hydrogen) atoms. The van der Waals surface area contributed by atoms with Crippen molar-refractivity contribution >= 4 is 36.0 Å². The van der Waals surface area contributed by atoms with E-state index < -0.39 is 0 Å². The molecule has 0 aliphatic carbocycles. The average molecular weight is 339 g/mol. The van der Waals surface area contributed by atoms with Crippen molar-refractivity contribution in [2.75, 3.05) is 14.2 Å². The van der Waals surface area contributed by atoms with E-state index in [-0.39, 0.29) is 14.8 Å². The van der Waals surface area contributed by atoms with Crippen molar-refractivity contribution in [1.29, 1.82) is 0 Å². The molecule has 0 N–H and O–H groups in total. The van der Waals surface area contributed by atoms with Gasteiger partial charge in [-0.15, -0.1) is 0 Å². The van der Waals surface area contributed by atoms with E-state index in [0.29, 0.717) is 24.4 Å². The van der Waals surface area contributed by atoms with Crippen LogP contribution in [0.2, 0.25) is 0 Å². The molecule has 0 amide bonds. The van der Waals surface area contributed by atoms with Crippen molar-refractivity contribution < 1.29 is 9.47 Å². The van der Waals surface area contributed by atoms with Gasteiger partial charge in [0.05, 0.1) is 0 Å². The molecule has 0 radical (unpaired) electrons. The molecule has 0 aromatic rings. The normalized spacial score (nSPS) is 19.5. The van der Waals surface area contributed by atoms with Gasteiger partial charge in [-0.2, -0.15) is 0 Å². The van der Waals surface area contributed by atoms with Crippen molar-refractivity contribution in [1.82, 2.24) is 0 Å². The molecule has 0 aliphatic rings. The van der Waals surface area contributed by atoms with E-state index in [2.05, 4.69) is 13.8 Å². The van der Waals surface area contributed by atoms with Gasteiger partial charge in [0, 0.05) is 0 Å². The quantitative estimate of drug-likeness (QED) is 0.632. The van der Waals surface area contributed by atoms with Crippen LogP contribution in [-0.4, -0.2) is 53.4 Å². The molecule has 0 fully saturated rings. The SMILES string of the molecule is CCCC(OC)C(CC[C](C)(Cl)[InH2])OC. The zero-order valence-corrected chi connectivity index (χ0v) is 17.1. The molecule has 0 saturated carbocycles. The summed E-state index contributed by atoms with van der Waals surface area (Å²) in [4.78, 5) is 0. The van der Waals surface area contributed by atoms with Crippen molar-refractivity contribution in [3.63, 3.8) is 0 Å². The van der Waals surface area contributed by atoms with Crippen LogP contribution >= 0.6 is 11.6 Å². The van der Waals surface area contributed by atoms with Crippen LogP contribution in [0.5, 0.6) is 0 Å². The molecule has 3 unspecified atom stereocenters. The van der Waals surface area contributed by atoms with Gasteiger partial charge in [-0.25, -0.2) is 0 Å². The van der Waals surface area contributed by atoms with Gasteiger partial charge in [0.1, 0.15) is 0 Å². The predicted octanol–water partition coefficient (Wildman–Crippen LogP) is 2.18. The van der Waals surface area contributed by atoms with Gasteiger partial charge in [-0.1, -0.05) is 0 Å². The zero-order valence-electron chi connectivity index (χ0n) is 10.7. The molecule has 0 rings (SSSR count). The van der Waals surface area contributed by atoms with Crippen LogP contribution in [0.3, 0.4) is 0 Å². The van der Waals surface area contributed by atoms with E-state index in [0.717, 1.165) is 25.7 Å². The molecule has 0 spiro atoms. The van der Waals surface area contributed by atoms with E-state index >= 15 is 0 Å². The van der Waals surface area contributed by atoms with Crippen molar-refractivity contribution in [2.45, 2.75) is 54.4 Å². The summed E-state index contributed by atoms with van der Waals surface area (Å²) in [5.41, 5.74) is 0. The van der Waals surface area contributed by atoms with Gasteiger partial charge < -0.3 is 0 Å². The molecule has 2 nitrogen and oxygen atoms in total. The summed E-state index contributed by atoms with van der Waals surface area (Å²) >= 11 is 6.74. The van der Waals surface area contributed by atoms with E-state index in [4.69, 9.17) is 21.1 Å². The van der Waals surface area contributed by atoms with Gasteiger partial charge in [-0.3, -0.25) is 0 Å². The first-order valence-corrected chi connectivity index (χ1v) is 8.92. The molecular weight excluding hydrogens is 314 g/mol. The standard InChI is InChI=1S/C11H22ClO2.In.2H/c1-5-6-10(13-3)11(14-4)8-7-9(2)12;;;/h10-11H,5-8H2,1-4H3;;;. The average Bonchev–Trinajstić information content (AvgIpc) is 2.15. The summed E-state index contributed by atoms with van der Waals surface area (Å²) in [5.74, 6) is 0. The van der Waals surface area contributed by atoms with Crippen LogP contribution in [-0.2, 0) is 9.47 Å². The Morgan fingerprint density at radius 3 is 2.00 bits per heavy atom. The summed E-state index contributed by atoms with van der Waals surface area (Å²) in [6.07, 6.45) is 4.63. The second-order valence-electron chi connectivity index (χ2n) is 4.59. The van der Waals surface area contributed by atoms with Gasteiger partial charge in [0.25, 0.3) is 0 Å². The summed E-state index contributed by atoms with van der Waals surface area (Å²) in [5, 5.41) is 0. The minimum atomic E-state index is 0.0585. The molecule has 0 aromatic heterocycles. The van der Waals surface area contributed by atoms with Gasteiger partial charge in [-0.05, 0) is 0 Å². The molecule has 0 saturated heterocycles. The number of rotatable bonds is 8. The fraction of sp³-hybridized carbons (Fsp3) is 1.00. The Hall–Kier alpha value is 1.08. The summed E-state index contributed by atoms with van der Waals surface area (Å²) in [6, 6.07) is 0. The summed E-state index contributed by atoms with van der Waals surface area (Å²) < 4.78 is 11.0. The van der Waals surface area contributed by atoms with Crippen LogP contribution in [0.4, 0.5) is 0 Å². The van der Waals surface area contributed by atoms with E-state index in [1.807, 2.05) is 0 Å². The van der Waals surface area contributed by atoms with E-state index in [9.17, 15) is 0 Å². The Kier molecular flexibility index (Phi) is 8.80. The van der Waals surface area contributed by atoms with E-state index in [1.54, 1.807) is 14.2 Å². The third-order valence-electron chi connectivity index (χ3n) is 2.62. The Morgan fingerprint density at radius 1 is 1.20 bits per heavy atom. The Balaban J connectivity index is 4.09. The Bertz CT molecular complexity index is 159. The third kappa shape index (κ3) is 7.89. The summed E-state index contributed by atoms with van der Waals surface area (Å²) in [7, 11) is 3.52. The third-order valence-corrected chi connectivity index (χ3v) is 4.23. The number of hydrogen-bond donors (Lipinski definition) is 0. The molecule has 4 heteroatoms. The van der Waals surface area contributed by atoms with Crippen LogP contribution < -0.4 is 0 Å². The zero-order chi connectivity index (χ0) is 11.9. The van der Waals surface area contributed by atoms with Crippen LogP contribution in [0.1, 0.15) is 39.5 Å². The molecule has 3 atom stereocenters. The van der Waals surface area contributed by atoms with Crippen LogP contribution in [0.25, 0.3) is 0 Å². The number of ether oxygens (including phenoxy) is 2. The second-order valence-corrected chi connectivity index (χ2v) is 13.7. The Morgan fingerprint density at radius 2 is 1.67 bits per heavy atom. The van der Waals surface area contributed by atoms with E-state index in [1.165, 1.54) is 0 Å². The van der Waals surface area contributed by atoms with Gasteiger partial charge >= 0.3 is 114 Å². The first-order chi connectivity index (χ1) is 6.94. The number of halogens is 1. The first-order valence-electron chi connectivity index (χ1n) is 5.69. The fourth-order valence-electron chi connectivity index (χ4n) is 1.68. The van der Waals surface area contributed by atoms with Crippen molar-refractivity contribution in [3.8, 4) is 0 Å². The predicted molar refractivity (Wildman–Crippen MR) is 68.5 cm³/mol. The maximum absolute atomic E-state index is 6.26. The molecule has 0 bridgehead atoms. The maximum atomic E-state index is 6.26. The first kappa shape index (κ1) is 16.1. The molecular formula is C11H24ClInO2. The summed E-state index contributed by atoms with van der Waals surface area (Å²) in [6.45, 7) is 4.29. The fourth-order valence-corrected chi connectivity index (χ4v) is 2.61. The molecule has 90 valence electrons. The molecule has 0 aromatic carbocycles. The monoisotopic (exact) mass is 338 g/mol. The molecule has 0 aliphatic heterocycles. The second kappa shape index (κ2) is 8.21. The van der Waals surface area contributed by atoms with Crippen molar-refractivity contribution in [2.24, 2.45) is 0 Å². The van der Waals surface area contributed by atoms with Gasteiger partial charge in [0.15, 0.2) is 0 Å². The van der Waals surface area contributed by atoms with Crippen molar-refractivity contribution in [3.05, 3.63) is 0 Å². The van der Waals surface area contributed by atoms with Gasteiger partial charge in [0.2, 0.25) is 0 Å². The van der Waals surface area contributed by atoms with Crippen LogP contribution in [0, 0.1) is 0 Å². The van der Waals surface area contributed by atoms with Crippen LogP contribution in [0.15, 0.2) is 0 Å². The Labute approximate surface area is 114 Å². The topological polar surface area (TPSA) is 18.5 Å². The molecule has 0 heterocycles. The number of alkyl halides is 1. The minimum absolute atomic E-state index is 0.0585.